The summed E-state index contributed by atoms with van der Waals surface area (Å²) in [5.74, 6) is -0.795. The van der Waals surface area contributed by atoms with Crippen molar-refractivity contribution in [3.05, 3.63) is 46.4 Å². The van der Waals surface area contributed by atoms with Crippen LogP contribution in [0.4, 0.5) is 0 Å². The van der Waals surface area contributed by atoms with Crippen molar-refractivity contribution in [3.8, 4) is 0 Å². The summed E-state index contributed by atoms with van der Waals surface area (Å²) in [6.45, 7) is 4.24. The van der Waals surface area contributed by atoms with Crippen LogP contribution in [-0.2, 0) is 23.9 Å². The molecule has 0 fully saturated rings. The molecule has 0 saturated heterocycles. The van der Waals surface area contributed by atoms with Crippen LogP contribution in [-0.4, -0.2) is 47.7 Å². The summed E-state index contributed by atoms with van der Waals surface area (Å²) < 4.78 is 10.2. The van der Waals surface area contributed by atoms with Crippen molar-refractivity contribution in [2.45, 2.75) is 51.1 Å². The number of halogens is 1. The molecule has 30 heavy (non-hydrogen) atoms. The molecule has 8 heteroatoms. The quantitative estimate of drug-likeness (QED) is 0.311. The summed E-state index contributed by atoms with van der Waals surface area (Å²) in [4.78, 5) is 39.7. The Bertz CT molecular complexity index is 783. The number of hydrogen-bond acceptors (Lipinski definition) is 7. The Hall–Kier alpha value is -1.83. The van der Waals surface area contributed by atoms with E-state index in [0.29, 0.717) is 12.8 Å². The van der Waals surface area contributed by atoms with Gasteiger partial charge in [-0.2, -0.15) is 0 Å². The Morgan fingerprint density at radius 3 is 2.53 bits per heavy atom. The molecule has 1 unspecified atom stereocenters. The Kier molecular flexibility index (Phi) is 9.88. The second kappa shape index (κ2) is 12.1. The topological polar surface area (TPSA) is 72.9 Å². The van der Waals surface area contributed by atoms with E-state index in [-0.39, 0.29) is 30.7 Å². The summed E-state index contributed by atoms with van der Waals surface area (Å²) in [5, 5.41) is 0.0405. The Balaban J connectivity index is 2.38. The van der Waals surface area contributed by atoms with E-state index in [1.165, 1.54) is 7.11 Å². The lowest BCUT2D eigenvalue weighted by Crippen LogP contribution is -2.44. The Morgan fingerprint density at radius 1 is 1.23 bits per heavy atom. The molecule has 0 bridgehead atoms. The number of carbonyl (C=O) groups excluding carboxylic acids is 3. The van der Waals surface area contributed by atoms with Crippen LogP contribution >= 0.6 is 23.4 Å². The number of esters is 2. The second-order valence-electron chi connectivity index (χ2n) is 6.88. The molecule has 2 rings (SSSR count). The normalized spacial score (nSPS) is 18.1. The van der Waals surface area contributed by atoms with Crippen LogP contribution in [0.5, 0.6) is 0 Å². The third kappa shape index (κ3) is 6.59. The standard InChI is InChI=1S/C22H28ClNO5S/c1-4-9-20(26)30-17-13-18(23)24(14-16(17)12-19(25)29-5-2)21(22(27)28-3)15-10-7-6-8-11-15/h6-8,10-11,18,21H,4-5,9,12-14H2,1-3H3/t18?,21-/m0/s1. The second-order valence-corrected chi connectivity index (χ2v) is 8.54. The molecule has 0 amide bonds. The van der Waals surface area contributed by atoms with Crippen LogP contribution in [0.15, 0.2) is 40.8 Å². The van der Waals surface area contributed by atoms with Crippen molar-refractivity contribution >= 4 is 40.4 Å². The van der Waals surface area contributed by atoms with Crippen molar-refractivity contribution < 1.29 is 23.9 Å². The van der Waals surface area contributed by atoms with E-state index >= 15 is 0 Å². The van der Waals surface area contributed by atoms with Gasteiger partial charge in [-0.3, -0.25) is 14.5 Å². The number of hydrogen-bond donors (Lipinski definition) is 0. The largest absolute Gasteiger partial charge is 0.468 e. The van der Waals surface area contributed by atoms with Gasteiger partial charge in [0.05, 0.1) is 25.6 Å². The SMILES string of the molecule is CCCC(=O)SC1=C(CC(=O)OCC)CN([C@H](C(=O)OC)c2ccccc2)C(Cl)C1. The van der Waals surface area contributed by atoms with Crippen LogP contribution < -0.4 is 0 Å². The van der Waals surface area contributed by atoms with E-state index in [4.69, 9.17) is 21.1 Å². The van der Waals surface area contributed by atoms with Gasteiger partial charge in [0.25, 0.3) is 0 Å². The molecule has 6 nitrogen and oxygen atoms in total. The zero-order valence-corrected chi connectivity index (χ0v) is 19.1. The lowest BCUT2D eigenvalue weighted by atomic mass is 9.99. The zero-order chi connectivity index (χ0) is 22.1. The monoisotopic (exact) mass is 453 g/mol. The van der Waals surface area contributed by atoms with Crippen LogP contribution in [0.25, 0.3) is 0 Å². The van der Waals surface area contributed by atoms with Gasteiger partial charge < -0.3 is 9.47 Å². The number of rotatable bonds is 9. The Morgan fingerprint density at radius 2 is 1.93 bits per heavy atom. The fraction of sp³-hybridized carbons (Fsp3) is 0.500. The first-order chi connectivity index (χ1) is 14.4. The van der Waals surface area contributed by atoms with Gasteiger partial charge in [-0.25, -0.2) is 4.79 Å². The van der Waals surface area contributed by atoms with E-state index in [1.807, 2.05) is 42.2 Å². The van der Waals surface area contributed by atoms with Gasteiger partial charge in [-0.05, 0) is 29.4 Å². The molecular formula is C22H28ClNO5S. The van der Waals surface area contributed by atoms with Crippen molar-refractivity contribution in [2.75, 3.05) is 20.3 Å². The van der Waals surface area contributed by atoms with Gasteiger partial charge >= 0.3 is 11.9 Å². The van der Waals surface area contributed by atoms with Gasteiger partial charge in [0.2, 0.25) is 0 Å². The molecule has 0 radical (unpaired) electrons. The van der Waals surface area contributed by atoms with E-state index < -0.39 is 17.5 Å². The molecule has 164 valence electrons. The van der Waals surface area contributed by atoms with Crippen molar-refractivity contribution in [1.82, 2.24) is 4.90 Å². The van der Waals surface area contributed by atoms with Gasteiger partial charge in [-0.15, -0.1) is 11.6 Å². The van der Waals surface area contributed by atoms with Gasteiger partial charge in [0.15, 0.2) is 5.12 Å². The van der Waals surface area contributed by atoms with E-state index in [9.17, 15) is 14.4 Å². The molecule has 1 aliphatic rings. The zero-order valence-electron chi connectivity index (χ0n) is 17.6. The number of benzene rings is 1. The van der Waals surface area contributed by atoms with Crippen LogP contribution in [0.1, 0.15) is 51.1 Å². The minimum absolute atomic E-state index is 0.0405. The molecule has 1 aromatic carbocycles. The maximum Gasteiger partial charge on any atom is 0.327 e. The van der Waals surface area contributed by atoms with Crippen LogP contribution in [0.3, 0.4) is 0 Å². The first-order valence-electron chi connectivity index (χ1n) is 10.0. The maximum atomic E-state index is 12.6. The highest BCUT2D eigenvalue weighted by molar-refractivity contribution is 8.16. The molecule has 0 saturated carbocycles. The first-order valence-corrected chi connectivity index (χ1v) is 11.3. The molecule has 1 aliphatic heterocycles. The molecule has 0 aliphatic carbocycles. The number of nitrogens with zero attached hydrogens (tertiary/aromatic N) is 1. The van der Waals surface area contributed by atoms with E-state index in [1.54, 1.807) is 6.92 Å². The van der Waals surface area contributed by atoms with Crippen LogP contribution in [0, 0.1) is 0 Å². The summed E-state index contributed by atoms with van der Waals surface area (Å²) >= 11 is 7.84. The van der Waals surface area contributed by atoms with Crippen LogP contribution in [0.2, 0.25) is 0 Å². The number of thioether (sulfide) groups is 1. The first kappa shape index (κ1) is 24.4. The Labute approximate surface area is 186 Å². The average molecular weight is 454 g/mol. The molecule has 0 aromatic heterocycles. The number of alkyl halides is 1. The lowest BCUT2D eigenvalue weighted by Gasteiger charge is -2.38. The van der Waals surface area contributed by atoms with Gasteiger partial charge in [0, 0.05) is 19.4 Å². The minimum atomic E-state index is -0.714. The smallest absolute Gasteiger partial charge is 0.327 e. The highest BCUT2D eigenvalue weighted by Crippen LogP contribution is 2.39. The molecule has 0 N–H and O–H groups in total. The van der Waals surface area contributed by atoms with Crippen molar-refractivity contribution in [2.24, 2.45) is 0 Å². The number of carbonyl (C=O) groups is 3. The summed E-state index contributed by atoms with van der Waals surface area (Å²) in [5.41, 5.74) is 0.977. The molecule has 2 atom stereocenters. The van der Waals surface area contributed by atoms with Gasteiger partial charge in [-0.1, -0.05) is 49.0 Å². The number of methoxy groups -OCH3 is 1. The summed E-state index contributed by atoms with van der Waals surface area (Å²) in [6, 6.07) is 8.53. The maximum absolute atomic E-state index is 12.6. The van der Waals surface area contributed by atoms with E-state index in [0.717, 1.165) is 34.2 Å². The van der Waals surface area contributed by atoms with Gasteiger partial charge in [0.1, 0.15) is 6.04 Å². The highest BCUT2D eigenvalue weighted by atomic mass is 35.5. The molecule has 1 heterocycles. The third-order valence-electron chi connectivity index (χ3n) is 4.71. The summed E-state index contributed by atoms with van der Waals surface area (Å²) in [6.07, 6.45) is 1.61. The fourth-order valence-electron chi connectivity index (χ4n) is 3.33. The number of ether oxygens (including phenoxy) is 2. The average Bonchev–Trinajstić information content (AvgIpc) is 2.72. The fourth-order valence-corrected chi connectivity index (χ4v) is 4.86. The molecular weight excluding hydrogens is 426 g/mol. The molecule has 1 aromatic rings. The third-order valence-corrected chi connectivity index (χ3v) is 6.25. The van der Waals surface area contributed by atoms with Crippen molar-refractivity contribution in [3.63, 3.8) is 0 Å². The predicted octanol–water partition coefficient (Wildman–Crippen LogP) is 4.44. The van der Waals surface area contributed by atoms with E-state index in [2.05, 4.69) is 0 Å². The molecule has 0 spiro atoms. The highest BCUT2D eigenvalue weighted by Gasteiger charge is 2.38. The minimum Gasteiger partial charge on any atom is -0.468 e. The lowest BCUT2D eigenvalue weighted by molar-refractivity contribution is -0.147. The predicted molar refractivity (Wildman–Crippen MR) is 118 cm³/mol. The summed E-state index contributed by atoms with van der Waals surface area (Å²) in [7, 11) is 1.34. The van der Waals surface area contributed by atoms with Crippen molar-refractivity contribution in [1.29, 1.82) is 0 Å².